The third-order valence-electron chi connectivity index (χ3n) is 3.83. The van der Waals surface area contributed by atoms with Crippen molar-refractivity contribution in [1.29, 1.82) is 0 Å². The fourth-order valence-corrected chi connectivity index (χ4v) is 4.87. The molecule has 7 heteroatoms. The average molecular weight is 336 g/mol. The van der Waals surface area contributed by atoms with E-state index in [0.717, 1.165) is 4.88 Å². The summed E-state index contributed by atoms with van der Waals surface area (Å²) in [6.07, 6.45) is 0. The van der Waals surface area contributed by atoms with Crippen LogP contribution in [-0.4, -0.2) is 35.9 Å². The molecule has 1 aliphatic heterocycles. The molecule has 0 fully saturated rings. The number of benzene rings is 1. The number of carbonyl (C=O) groups is 1. The Morgan fingerprint density at radius 1 is 1.27 bits per heavy atom. The molecule has 22 heavy (non-hydrogen) atoms. The van der Waals surface area contributed by atoms with E-state index in [4.69, 9.17) is 0 Å². The van der Waals surface area contributed by atoms with Crippen LogP contribution in [0.5, 0.6) is 0 Å². The second-order valence-corrected chi connectivity index (χ2v) is 8.41. The first-order chi connectivity index (χ1) is 10.4. The van der Waals surface area contributed by atoms with Crippen molar-refractivity contribution in [2.45, 2.75) is 25.3 Å². The molecule has 0 spiro atoms. The van der Waals surface area contributed by atoms with Crippen LogP contribution in [-0.2, 0) is 16.4 Å². The number of aryl methyl sites for hydroxylation is 2. The Bertz CT molecular complexity index is 821. The van der Waals surface area contributed by atoms with Crippen LogP contribution in [0.1, 0.15) is 26.5 Å². The summed E-state index contributed by atoms with van der Waals surface area (Å²) in [6.45, 7) is 4.17. The minimum Gasteiger partial charge on any atom is -0.333 e. The Balaban J connectivity index is 2.00. The Labute approximate surface area is 133 Å². The smallest absolute Gasteiger partial charge is 0.257 e. The van der Waals surface area contributed by atoms with Gasteiger partial charge in [0.2, 0.25) is 0 Å². The van der Waals surface area contributed by atoms with Crippen molar-refractivity contribution >= 4 is 27.3 Å². The zero-order valence-corrected chi connectivity index (χ0v) is 14.0. The summed E-state index contributed by atoms with van der Waals surface area (Å²) in [6, 6.07) is 6.89. The third kappa shape index (κ3) is 2.55. The van der Waals surface area contributed by atoms with Crippen molar-refractivity contribution in [2.24, 2.45) is 0 Å². The highest BCUT2D eigenvalue weighted by Crippen LogP contribution is 2.25. The number of fused-ring (bicyclic) bond motifs is 1. The predicted octanol–water partition coefficient (Wildman–Crippen LogP) is 2.19. The Kier molecular flexibility index (Phi) is 3.78. The van der Waals surface area contributed by atoms with E-state index in [2.05, 4.69) is 4.37 Å². The Morgan fingerprint density at radius 2 is 2.00 bits per heavy atom. The van der Waals surface area contributed by atoms with Crippen LogP contribution in [0.25, 0.3) is 0 Å². The molecule has 0 saturated heterocycles. The highest BCUT2D eigenvalue weighted by Gasteiger charge is 2.29. The standard InChI is InChI=1S/C15H16N2O3S2/c1-10-14(11(2)21-16-10)15(18)17-7-8-22(19,20)13-6-4-3-5-12(13)9-17/h3-6H,7-9H2,1-2H3. The predicted molar refractivity (Wildman–Crippen MR) is 84.8 cm³/mol. The monoisotopic (exact) mass is 336 g/mol. The maximum absolute atomic E-state index is 12.8. The summed E-state index contributed by atoms with van der Waals surface area (Å²) in [5.41, 5.74) is 1.97. The molecule has 0 aliphatic carbocycles. The molecule has 0 atom stereocenters. The zero-order chi connectivity index (χ0) is 15.9. The van der Waals surface area contributed by atoms with Gasteiger partial charge in [-0.2, -0.15) is 4.37 Å². The quantitative estimate of drug-likeness (QED) is 0.800. The number of aromatic nitrogens is 1. The molecule has 0 radical (unpaired) electrons. The number of carbonyl (C=O) groups excluding carboxylic acids is 1. The maximum Gasteiger partial charge on any atom is 0.257 e. The fraction of sp³-hybridized carbons (Fsp3) is 0.333. The minimum absolute atomic E-state index is 0.0502. The first-order valence-corrected chi connectivity index (χ1v) is 9.35. The zero-order valence-electron chi connectivity index (χ0n) is 12.4. The van der Waals surface area contributed by atoms with Crippen LogP contribution in [0.2, 0.25) is 0 Å². The fourth-order valence-electron chi connectivity index (χ4n) is 2.68. The Morgan fingerprint density at radius 3 is 2.68 bits per heavy atom. The van der Waals surface area contributed by atoms with Crippen LogP contribution in [0.4, 0.5) is 0 Å². The van der Waals surface area contributed by atoms with E-state index < -0.39 is 9.84 Å². The van der Waals surface area contributed by atoms with Crippen molar-refractivity contribution in [2.75, 3.05) is 12.3 Å². The number of hydrogen-bond acceptors (Lipinski definition) is 5. The first kappa shape index (κ1) is 15.2. The number of nitrogens with zero attached hydrogens (tertiary/aromatic N) is 2. The van der Waals surface area contributed by atoms with Gasteiger partial charge in [-0.15, -0.1) is 0 Å². The van der Waals surface area contributed by atoms with Crippen LogP contribution in [0, 0.1) is 13.8 Å². The molecule has 1 aliphatic rings. The van der Waals surface area contributed by atoms with Gasteiger partial charge >= 0.3 is 0 Å². The van der Waals surface area contributed by atoms with Crippen LogP contribution in [0.15, 0.2) is 29.2 Å². The SMILES string of the molecule is Cc1nsc(C)c1C(=O)N1CCS(=O)(=O)c2ccccc2C1. The highest BCUT2D eigenvalue weighted by molar-refractivity contribution is 7.91. The van der Waals surface area contributed by atoms with Crippen LogP contribution in [0.3, 0.4) is 0 Å². The molecule has 5 nitrogen and oxygen atoms in total. The molecule has 0 N–H and O–H groups in total. The summed E-state index contributed by atoms with van der Waals surface area (Å²) < 4.78 is 28.9. The van der Waals surface area contributed by atoms with Gasteiger partial charge < -0.3 is 4.90 Å². The molecule has 2 aromatic rings. The van der Waals surface area contributed by atoms with Crippen molar-refractivity contribution in [3.63, 3.8) is 0 Å². The molecule has 3 rings (SSSR count). The summed E-state index contributed by atoms with van der Waals surface area (Å²) in [5, 5.41) is 0. The topological polar surface area (TPSA) is 67.3 Å². The molecule has 2 heterocycles. The second kappa shape index (κ2) is 5.48. The van der Waals surface area contributed by atoms with E-state index >= 15 is 0 Å². The van der Waals surface area contributed by atoms with Gasteiger partial charge in [0.05, 0.1) is 21.9 Å². The van der Waals surface area contributed by atoms with E-state index in [-0.39, 0.29) is 18.2 Å². The molecule has 116 valence electrons. The van der Waals surface area contributed by atoms with Gasteiger partial charge in [-0.1, -0.05) is 18.2 Å². The first-order valence-electron chi connectivity index (χ1n) is 6.93. The number of hydrogen-bond donors (Lipinski definition) is 0. The molecular weight excluding hydrogens is 320 g/mol. The van der Waals surface area contributed by atoms with Crippen molar-refractivity contribution in [3.05, 3.63) is 46.0 Å². The van der Waals surface area contributed by atoms with E-state index in [1.54, 1.807) is 36.1 Å². The van der Waals surface area contributed by atoms with Crippen LogP contribution >= 0.6 is 11.5 Å². The van der Waals surface area contributed by atoms with Crippen LogP contribution < -0.4 is 0 Å². The molecule has 0 saturated carbocycles. The van der Waals surface area contributed by atoms with Gasteiger partial charge in [-0.05, 0) is 37.0 Å². The number of sulfone groups is 1. The lowest BCUT2D eigenvalue weighted by molar-refractivity contribution is 0.0753. The summed E-state index contributed by atoms with van der Waals surface area (Å²) >= 11 is 1.30. The summed E-state index contributed by atoms with van der Waals surface area (Å²) in [7, 11) is -3.34. The normalized spacial score (nSPS) is 16.9. The average Bonchev–Trinajstić information content (AvgIpc) is 2.74. The maximum atomic E-state index is 12.8. The molecule has 1 amide bonds. The minimum atomic E-state index is -3.34. The van der Waals surface area contributed by atoms with Gasteiger partial charge in [0, 0.05) is 18.0 Å². The van der Waals surface area contributed by atoms with Gasteiger partial charge in [0.1, 0.15) is 0 Å². The molecule has 1 aromatic carbocycles. The lowest BCUT2D eigenvalue weighted by Gasteiger charge is -2.20. The van der Waals surface area contributed by atoms with E-state index in [1.807, 2.05) is 6.92 Å². The van der Waals surface area contributed by atoms with Gasteiger partial charge in [0.25, 0.3) is 5.91 Å². The van der Waals surface area contributed by atoms with Crippen molar-refractivity contribution in [1.82, 2.24) is 9.27 Å². The lowest BCUT2D eigenvalue weighted by Crippen LogP contribution is -2.33. The van der Waals surface area contributed by atoms with Gasteiger partial charge in [-0.25, -0.2) is 8.42 Å². The van der Waals surface area contributed by atoms with E-state index in [0.29, 0.717) is 28.3 Å². The third-order valence-corrected chi connectivity index (χ3v) is 6.46. The van der Waals surface area contributed by atoms with Crippen molar-refractivity contribution < 1.29 is 13.2 Å². The van der Waals surface area contributed by atoms with Gasteiger partial charge in [-0.3, -0.25) is 4.79 Å². The van der Waals surface area contributed by atoms with Crippen molar-refractivity contribution in [3.8, 4) is 0 Å². The number of rotatable bonds is 1. The Hall–Kier alpha value is -1.73. The summed E-state index contributed by atoms with van der Waals surface area (Å²) in [5.74, 6) is -0.193. The van der Waals surface area contributed by atoms with E-state index in [9.17, 15) is 13.2 Å². The lowest BCUT2D eigenvalue weighted by atomic mass is 10.1. The highest BCUT2D eigenvalue weighted by atomic mass is 32.2. The summed E-state index contributed by atoms with van der Waals surface area (Å²) in [4.78, 5) is 15.6. The van der Waals surface area contributed by atoms with E-state index in [1.165, 1.54) is 11.5 Å². The molecule has 0 unspecified atom stereocenters. The molecular formula is C15H16N2O3S2. The molecule has 1 aromatic heterocycles. The number of amides is 1. The molecule has 0 bridgehead atoms. The largest absolute Gasteiger partial charge is 0.333 e. The second-order valence-electron chi connectivity index (χ2n) is 5.35. The van der Waals surface area contributed by atoms with Gasteiger partial charge in [0.15, 0.2) is 9.84 Å².